The molecule has 4 atom stereocenters. The second-order valence-corrected chi connectivity index (χ2v) is 7.84. The van der Waals surface area contributed by atoms with Gasteiger partial charge in [-0.05, 0) is 12.0 Å². The van der Waals surface area contributed by atoms with Crippen LogP contribution in [0.1, 0.15) is 30.4 Å². The molecule has 1 aliphatic heterocycles. The Balaban J connectivity index is 2.24. The number of benzene rings is 1. The molecular formula is C12H16OS2. The van der Waals surface area contributed by atoms with E-state index in [1.165, 1.54) is 5.56 Å². The largest absolute Gasteiger partial charge is 0.258 e. The first-order valence-corrected chi connectivity index (χ1v) is 7.50. The predicted octanol–water partition coefficient (Wildman–Crippen LogP) is 3.35. The van der Waals surface area contributed by atoms with E-state index in [0.717, 1.165) is 6.42 Å². The van der Waals surface area contributed by atoms with Crippen molar-refractivity contribution in [2.24, 2.45) is 0 Å². The molecule has 0 bridgehead atoms. The quantitative estimate of drug-likeness (QED) is 0.749. The standard InChI is InChI=1S/C12H16OS2/c1-9-8-10(2)15(13)12(14-9)11-6-4-3-5-7-11/h3-7,9-10,12H,8H2,1-2H3/t9-,10+,12-,15?/m0/s1. The number of thioether (sulfide) groups is 1. The first-order chi connectivity index (χ1) is 7.18. The van der Waals surface area contributed by atoms with Crippen LogP contribution in [0.25, 0.3) is 0 Å². The van der Waals surface area contributed by atoms with Gasteiger partial charge in [0.1, 0.15) is 4.58 Å². The fraction of sp³-hybridized carbons (Fsp3) is 0.500. The van der Waals surface area contributed by atoms with Crippen molar-refractivity contribution in [2.75, 3.05) is 0 Å². The Morgan fingerprint density at radius 3 is 2.60 bits per heavy atom. The van der Waals surface area contributed by atoms with E-state index in [2.05, 4.69) is 26.0 Å². The Hall–Kier alpha value is -0.280. The Morgan fingerprint density at radius 1 is 1.27 bits per heavy atom. The van der Waals surface area contributed by atoms with Gasteiger partial charge in [0.2, 0.25) is 0 Å². The van der Waals surface area contributed by atoms with Crippen LogP contribution in [0.15, 0.2) is 30.3 Å². The van der Waals surface area contributed by atoms with Crippen molar-refractivity contribution >= 4 is 22.6 Å². The minimum Gasteiger partial charge on any atom is -0.258 e. The average Bonchev–Trinajstić information content (AvgIpc) is 2.24. The van der Waals surface area contributed by atoms with Crippen LogP contribution in [0.2, 0.25) is 0 Å². The van der Waals surface area contributed by atoms with Gasteiger partial charge in [0, 0.05) is 21.3 Å². The average molecular weight is 240 g/mol. The lowest BCUT2D eigenvalue weighted by Gasteiger charge is -2.30. The zero-order valence-corrected chi connectivity index (χ0v) is 10.7. The van der Waals surface area contributed by atoms with Crippen molar-refractivity contribution in [1.82, 2.24) is 0 Å². The molecule has 82 valence electrons. The third-order valence-electron chi connectivity index (χ3n) is 2.70. The van der Waals surface area contributed by atoms with E-state index >= 15 is 0 Å². The second kappa shape index (κ2) is 4.71. The summed E-state index contributed by atoms with van der Waals surface area (Å²) in [5, 5.41) is 0.939. The molecule has 3 heteroatoms. The number of hydrogen-bond donors (Lipinski definition) is 0. The van der Waals surface area contributed by atoms with Gasteiger partial charge in [0.25, 0.3) is 0 Å². The minimum atomic E-state index is -0.731. The molecule has 0 saturated carbocycles. The molecule has 1 heterocycles. The molecule has 0 aliphatic carbocycles. The Bertz CT molecular complexity index is 350. The summed E-state index contributed by atoms with van der Waals surface area (Å²) in [7, 11) is -0.731. The van der Waals surface area contributed by atoms with E-state index in [1.54, 1.807) is 0 Å². The highest BCUT2D eigenvalue weighted by atomic mass is 32.2. The molecule has 0 spiro atoms. The summed E-state index contributed by atoms with van der Waals surface area (Å²) in [6, 6.07) is 10.2. The summed E-state index contributed by atoms with van der Waals surface area (Å²) in [5.74, 6) is 0. The topological polar surface area (TPSA) is 17.1 Å². The Kier molecular flexibility index (Phi) is 3.52. The minimum absolute atomic E-state index is 0.171. The van der Waals surface area contributed by atoms with Crippen LogP contribution in [0.5, 0.6) is 0 Å². The molecule has 1 aromatic rings. The van der Waals surface area contributed by atoms with E-state index in [0.29, 0.717) is 10.5 Å². The zero-order valence-electron chi connectivity index (χ0n) is 9.05. The van der Waals surface area contributed by atoms with Crippen LogP contribution < -0.4 is 0 Å². The molecule has 1 unspecified atom stereocenters. The van der Waals surface area contributed by atoms with Crippen molar-refractivity contribution in [3.8, 4) is 0 Å². The molecule has 1 fully saturated rings. The third kappa shape index (κ3) is 2.45. The van der Waals surface area contributed by atoms with Crippen molar-refractivity contribution < 1.29 is 4.21 Å². The van der Waals surface area contributed by atoms with Gasteiger partial charge >= 0.3 is 0 Å². The second-order valence-electron chi connectivity index (χ2n) is 4.06. The summed E-state index contributed by atoms with van der Waals surface area (Å²) < 4.78 is 12.3. The van der Waals surface area contributed by atoms with E-state index in [9.17, 15) is 4.21 Å². The summed E-state index contributed by atoms with van der Waals surface area (Å²) in [6.07, 6.45) is 1.07. The lowest BCUT2D eigenvalue weighted by Crippen LogP contribution is -2.26. The highest BCUT2D eigenvalue weighted by Gasteiger charge is 2.32. The van der Waals surface area contributed by atoms with Crippen molar-refractivity contribution in [3.05, 3.63) is 35.9 Å². The first-order valence-electron chi connectivity index (χ1n) is 5.28. The molecule has 0 amide bonds. The fourth-order valence-electron chi connectivity index (χ4n) is 1.92. The molecule has 1 saturated heterocycles. The SMILES string of the molecule is C[C@@H]1C[C@H](C)S[C@H](c2ccccc2)S1=O. The van der Waals surface area contributed by atoms with Gasteiger partial charge in [-0.2, -0.15) is 0 Å². The Labute approximate surface area is 98.1 Å². The smallest absolute Gasteiger partial charge is 0.106 e. The van der Waals surface area contributed by atoms with E-state index in [1.807, 2.05) is 30.0 Å². The summed E-state index contributed by atoms with van der Waals surface area (Å²) >= 11 is 1.85. The number of hydrogen-bond acceptors (Lipinski definition) is 2. The molecule has 0 aromatic heterocycles. The molecule has 1 nitrogen and oxygen atoms in total. The molecule has 2 rings (SSSR count). The maximum Gasteiger partial charge on any atom is 0.106 e. The molecule has 15 heavy (non-hydrogen) atoms. The van der Waals surface area contributed by atoms with Gasteiger partial charge < -0.3 is 0 Å². The van der Waals surface area contributed by atoms with Gasteiger partial charge in [0.05, 0.1) is 0 Å². The third-order valence-corrected chi connectivity index (χ3v) is 6.46. The Morgan fingerprint density at radius 2 is 1.93 bits per heavy atom. The van der Waals surface area contributed by atoms with Gasteiger partial charge in [-0.15, -0.1) is 11.8 Å². The number of rotatable bonds is 1. The van der Waals surface area contributed by atoms with Crippen LogP contribution in [-0.2, 0) is 10.8 Å². The monoisotopic (exact) mass is 240 g/mol. The summed E-state index contributed by atoms with van der Waals surface area (Å²) in [6.45, 7) is 4.33. The predicted molar refractivity (Wildman–Crippen MR) is 68.5 cm³/mol. The lowest BCUT2D eigenvalue weighted by molar-refractivity contribution is 0.657. The molecule has 1 aliphatic rings. The summed E-state index contributed by atoms with van der Waals surface area (Å²) in [4.78, 5) is 0. The molecule has 0 N–H and O–H groups in total. The van der Waals surface area contributed by atoms with Crippen molar-refractivity contribution in [3.63, 3.8) is 0 Å². The molecular weight excluding hydrogens is 224 g/mol. The molecule has 1 aromatic carbocycles. The van der Waals surface area contributed by atoms with E-state index in [-0.39, 0.29) is 4.58 Å². The van der Waals surface area contributed by atoms with Gasteiger partial charge in [-0.1, -0.05) is 44.2 Å². The zero-order chi connectivity index (χ0) is 10.8. The van der Waals surface area contributed by atoms with Crippen LogP contribution >= 0.6 is 11.8 Å². The van der Waals surface area contributed by atoms with Gasteiger partial charge in [-0.25, -0.2) is 0 Å². The van der Waals surface area contributed by atoms with Gasteiger partial charge in [0.15, 0.2) is 0 Å². The summed E-state index contributed by atoms with van der Waals surface area (Å²) in [5.41, 5.74) is 1.21. The first kappa shape index (κ1) is 11.2. The van der Waals surface area contributed by atoms with E-state index in [4.69, 9.17) is 0 Å². The van der Waals surface area contributed by atoms with Crippen LogP contribution in [0, 0.1) is 0 Å². The maximum atomic E-state index is 12.2. The van der Waals surface area contributed by atoms with Crippen molar-refractivity contribution in [1.29, 1.82) is 0 Å². The van der Waals surface area contributed by atoms with E-state index < -0.39 is 10.8 Å². The lowest BCUT2D eigenvalue weighted by atomic mass is 10.2. The normalized spacial score (nSPS) is 36.4. The highest BCUT2D eigenvalue weighted by Crippen LogP contribution is 2.43. The van der Waals surface area contributed by atoms with Crippen LogP contribution in [-0.4, -0.2) is 14.7 Å². The molecule has 0 radical (unpaired) electrons. The fourth-order valence-corrected chi connectivity index (χ4v) is 6.08. The van der Waals surface area contributed by atoms with Gasteiger partial charge in [-0.3, -0.25) is 4.21 Å². The highest BCUT2D eigenvalue weighted by molar-refractivity contribution is 8.11. The van der Waals surface area contributed by atoms with Crippen molar-refractivity contribution in [2.45, 2.75) is 35.4 Å². The van der Waals surface area contributed by atoms with Crippen LogP contribution in [0.3, 0.4) is 0 Å². The maximum absolute atomic E-state index is 12.2. The van der Waals surface area contributed by atoms with Crippen LogP contribution in [0.4, 0.5) is 0 Å².